The van der Waals surface area contributed by atoms with Gasteiger partial charge < -0.3 is 4.74 Å². The molecule has 1 aromatic heterocycles. The summed E-state index contributed by atoms with van der Waals surface area (Å²) in [6.45, 7) is 6.15. The largest absolute Gasteiger partial charge is 0.455 e. The minimum atomic E-state index is -0.511. The summed E-state index contributed by atoms with van der Waals surface area (Å²) in [5.74, 6) is -0.844. The first-order valence-electron chi connectivity index (χ1n) is 9.26. The number of benzene rings is 2. The van der Waals surface area contributed by atoms with Crippen molar-refractivity contribution in [3.05, 3.63) is 93.5 Å². The minimum Gasteiger partial charge on any atom is -0.455 e. The van der Waals surface area contributed by atoms with Crippen molar-refractivity contribution in [2.75, 3.05) is 0 Å². The predicted octanol–water partition coefficient (Wildman–Crippen LogP) is 5.66. The highest BCUT2D eigenvalue weighted by molar-refractivity contribution is 6.31. The van der Waals surface area contributed by atoms with Crippen molar-refractivity contribution in [2.45, 2.75) is 33.4 Å². The van der Waals surface area contributed by atoms with Crippen LogP contribution in [0.1, 0.15) is 41.0 Å². The summed E-state index contributed by atoms with van der Waals surface area (Å²) in [5.41, 5.74) is 4.38. The van der Waals surface area contributed by atoms with E-state index < -0.39 is 12.1 Å². The average molecular weight is 413 g/mol. The van der Waals surface area contributed by atoms with Crippen LogP contribution in [0.2, 0.25) is 5.15 Å². The van der Waals surface area contributed by atoms with Crippen molar-refractivity contribution in [1.82, 2.24) is 9.78 Å². The fraction of sp³-hybridized carbons (Fsp3) is 0.217. The lowest BCUT2D eigenvalue weighted by Gasteiger charge is -2.11. The lowest BCUT2D eigenvalue weighted by Crippen LogP contribution is -2.06. The number of nitrogens with zero attached hydrogens (tertiary/aromatic N) is 2. The lowest BCUT2D eigenvalue weighted by atomic mass is 10.1. The molecule has 1 atom stereocenters. The molecule has 0 aliphatic rings. The molecular formula is C23H22ClFN2O2. The van der Waals surface area contributed by atoms with E-state index in [1.807, 2.05) is 38.1 Å². The number of aromatic nitrogens is 2. The molecule has 0 spiro atoms. The number of carbonyl (C=O) groups excluding carboxylic acids is 1. The van der Waals surface area contributed by atoms with E-state index in [2.05, 4.69) is 5.10 Å². The van der Waals surface area contributed by atoms with E-state index >= 15 is 0 Å². The highest BCUT2D eigenvalue weighted by Crippen LogP contribution is 2.23. The summed E-state index contributed by atoms with van der Waals surface area (Å²) in [5, 5.41) is 4.93. The number of esters is 1. The van der Waals surface area contributed by atoms with Gasteiger partial charge in [-0.25, -0.2) is 13.9 Å². The Balaban J connectivity index is 1.68. The third kappa shape index (κ3) is 5.33. The third-order valence-corrected chi connectivity index (χ3v) is 4.98. The van der Waals surface area contributed by atoms with Crippen LogP contribution >= 0.6 is 11.6 Å². The molecule has 0 radical (unpaired) electrons. The van der Waals surface area contributed by atoms with E-state index in [-0.39, 0.29) is 5.82 Å². The number of ether oxygens (including phenoxy) is 1. The molecule has 0 fully saturated rings. The van der Waals surface area contributed by atoms with Crippen LogP contribution in [0.4, 0.5) is 4.39 Å². The fourth-order valence-electron chi connectivity index (χ4n) is 2.89. The minimum absolute atomic E-state index is 0.333. The van der Waals surface area contributed by atoms with Crippen LogP contribution in [0.5, 0.6) is 0 Å². The molecule has 0 aliphatic carbocycles. The van der Waals surface area contributed by atoms with Crippen molar-refractivity contribution in [3.63, 3.8) is 0 Å². The SMILES string of the molecule is Cc1ccc(Cn2nc(C)c(/C=C/C(=O)O[C@H](C)c3ccc(F)cc3)c2Cl)cc1. The molecule has 29 heavy (non-hydrogen) atoms. The molecule has 0 N–H and O–H groups in total. The molecule has 0 unspecified atom stereocenters. The van der Waals surface area contributed by atoms with E-state index in [0.29, 0.717) is 22.8 Å². The monoisotopic (exact) mass is 412 g/mol. The summed E-state index contributed by atoms with van der Waals surface area (Å²) >= 11 is 6.47. The smallest absolute Gasteiger partial charge is 0.331 e. The zero-order valence-corrected chi connectivity index (χ0v) is 17.3. The van der Waals surface area contributed by atoms with Gasteiger partial charge >= 0.3 is 5.97 Å². The van der Waals surface area contributed by atoms with Crippen LogP contribution in [-0.4, -0.2) is 15.7 Å². The summed E-state index contributed by atoms with van der Waals surface area (Å²) in [6.07, 6.45) is 2.44. The lowest BCUT2D eigenvalue weighted by molar-refractivity contribution is -0.142. The van der Waals surface area contributed by atoms with Gasteiger partial charge in [-0.15, -0.1) is 0 Å². The van der Waals surface area contributed by atoms with Gasteiger partial charge in [-0.3, -0.25) is 0 Å². The van der Waals surface area contributed by atoms with Crippen molar-refractivity contribution in [2.24, 2.45) is 0 Å². The topological polar surface area (TPSA) is 44.1 Å². The number of carbonyl (C=O) groups is 1. The number of hydrogen-bond donors (Lipinski definition) is 0. The Labute approximate surface area is 174 Å². The van der Waals surface area contributed by atoms with Crippen molar-refractivity contribution in [3.8, 4) is 0 Å². The summed E-state index contributed by atoms with van der Waals surface area (Å²) < 4.78 is 20.1. The standard InChI is InChI=1S/C23H22ClFN2O2/c1-15-4-6-18(7-5-15)14-27-23(24)21(16(2)26-27)12-13-22(28)29-17(3)19-8-10-20(25)11-9-19/h4-13,17H,14H2,1-3H3/b13-12+/t17-/m1/s1. The van der Waals surface area contributed by atoms with Crippen LogP contribution in [-0.2, 0) is 16.1 Å². The van der Waals surface area contributed by atoms with Gasteiger partial charge in [0.25, 0.3) is 0 Å². The van der Waals surface area contributed by atoms with Gasteiger partial charge in [-0.05, 0) is 50.1 Å². The first-order valence-corrected chi connectivity index (χ1v) is 9.64. The number of halogens is 2. The molecule has 0 aliphatic heterocycles. The normalized spacial score (nSPS) is 12.3. The number of aryl methyl sites for hydroxylation is 2. The first kappa shape index (κ1) is 20.8. The summed E-state index contributed by atoms with van der Waals surface area (Å²) in [6, 6.07) is 14.0. The van der Waals surface area contributed by atoms with Gasteiger partial charge in [0, 0.05) is 11.6 Å². The Morgan fingerprint density at radius 2 is 1.83 bits per heavy atom. The molecule has 3 aromatic rings. The average Bonchev–Trinajstić information content (AvgIpc) is 2.95. The molecule has 150 valence electrons. The first-order chi connectivity index (χ1) is 13.8. The second-order valence-electron chi connectivity index (χ2n) is 6.90. The Morgan fingerprint density at radius 3 is 2.48 bits per heavy atom. The van der Waals surface area contributed by atoms with Crippen LogP contribution in [0, 0.1) is 19.7 Å². The Bertz CT molecular complexity index is 1020. The van der Waals surface area contributed by atoms with Gasteiger partial charge in [0.2, 0.25) is 0 Å². The van der Waals surface area contributed by atoms with Gasteiger partial charge in [0.15, 0.2) is 0 Å². The van der Waals surface area contributed by atoms with E-state index in [0.717, 1.165) is 11.3 Å². The van der Waals surface area contributed by atoms with Gasteiger partial charge in [0.1, 0.15) is 17.1 Å². The van der Waals surface area contributed by atoms with E-state index in [4.69, 9.17) is 16.3 Å². The maximum Gasteiger partial charge on any atom is 0.331 e. The van der Waals surface area contributed by atoms with Crippen LogP contribution in [0.15, 0.2) is 54.6 Å². The molecule has 1 heterocycles. The highest BCUT2D eigenvalue weighted by Gasteiger charge is 2.13. The molecule has 0 saturated heterocycles. The van der Waals surface area contributed by atoms with Crippen LogP contribution in [0.25, 0.3) is 6.08 Å². The second-order valence-corrected chi connectivity index (χ2v) is 7.26. The Kier molecular flexibility index (Phi) is 6.49. The maximum atomic E-state index is 13.0. The van der Waals surface area contributed by atoms with E-state index in [9.17, 15) is 9.18 Å². The Morgan fingerprint density at radius 1 is 1.17 bits per heavy atom. The number of rotatable bonds is 6. The maximum absolute atomic E-state index is 13.0. The third-order valence-electron chi connectivity index (χ3n) is 4.58. The molecule has 0 saturated carbocycles. The zero-order valence-electron chi connectivity index (χ0n) is 16.5. The zero-order chi connectivity index (χ0) is 21.0. The molecule has 0 amide bonds. The highest BCUT2D eigenvalue weighted by atomic mass is 35.5. The quantitative estimate of drug-likeness (QED) is 0.387. The van der Waals surface area contributed by atoms with Crippen LogP contribution < -0.4 is 0 Å². The fourth-order valence-corrected chi connectivity index (χ4v) is 3.19. The van der Waals surface area contributed by atoms with Crippen molar-refractivity contribution >= 4 is 23.6 Å². The van der Waals surface area contributed by atoms with Crippen molar-refractivity contribution < 1.29 is 13.9 Å². The molecule has 3 rings (SSSR count). The second kappa shape index (κ2) is 9.05. The van der Waals surface area contributed by atoms with Gasteiger partial charge in [0.05, 0.1) is 12.2 Å². The molecular weight excluding hydrogens is 391 g/mol. The summed E-state index contributed by atoms with van der Waals surface area (Å²) in [4.78, 5) is 12.2. The summed E-state index contributed by atoms with van der Waals surface area (Å²) in [7, 11) is 0. The Hall–Kier alpha value is -2.92. The van der Waals surface area contributed by atoms with Gasteiger partial charge in [-0.2, -0.15) is 5.10 Å². The number of hydrogen-bond acceptors (Lipinski definition) is 3. The molecule has 6 heteroatoms. The predicted molar refractivity (Wildman–Crippen MR) is 112 cm³/mol. The molecule has 4 nitrogen and oxygen atoms in total. The molecule has 2 aromatic carbocycles. The van der Waals surface area contributed by atoms with E-state index in [1.165, 1.54) is 23.8 Å². The molecule has 0 bridgehead atoms. The van der Waals surface area contributed by atoms with Crippen molar-refractivity contribution in [1.29, 1.82) is 0 Å². The van der Waals surface area contributed by atoms with E-state index in [1.54, 1.807) is 29.8 Å². The van der Waals surface area contributed by atoms with Crippen LogP contribution in [0.3, 0.4) is 0 Å². The van der Waals surface area contributed by atoms with Gasteiger partial charge in [-0.1, -0.05) is 53.6 Å².